The van der Waals surface area contributed by atoms with Gasteiger partial charge < -0.3 is 20.1 Å². The highest BCUT2D eigenvalue weighted by atomic mass is 16.6. The molecule has 0 bridgehead atoms. The summed E-state index contributed by atoms with van der Waals surface area (Å²) in [5.74, 6) is -3.82. The van der Waals surface area contributed by atoms with Crippen LogP contribution in [0.5, 0.6) is 0 Å². The van der Waals surface area contributed by atoms with Gasteiger partial charge >= 0.3 is 23.9 Å². The van der Waals surface area contributed by atoms with Gasteiger partial charge in [-0.25, -0.2) is 19.2 Å². The van der Waals surface area contributed by atoms with Gasteiger partial charge in [0.05, 0.1) is 22.3 Å². The fourth-order valence-corrected chi connectivity index (χ4v) is 4.62. The van der Waals surface area contributed by atoms with E-state index in [0.717, 1.165) is 11.1 Å². The smallest absolute Gasteiger partial charge is 0.346 e. The molecule has 0 fully saturated rings. The van der Waals surface area contributed by atoms with Crippen molar-refractivity contribution in [1.82, 2.24) is 5.32 Å². The van der Waals surface area contributed by atoms with E-state index in [9.17, 15) is 28.8 Å². The second kappa shape index (κ2) is 9.59. The van der Waals surface area contributed by atoms with Crippen LogP contribution in [0.1, 0.15) is 80.6 Å². The summed E-state index contributed by atoms with van der Waals surface area (Å²) in [7, 11) is 0. The van der Waals surface area contributed by atoms with Gasteiger partial charge in [0, 0.05) is 22.5 Å². The van der Waals surface area contributed by atoms with Gasteiger partial charge in [0.2, 0.25) is 0 Å². The number of fused-ring (bicyclic) bond motifs is 2. The molecule has 10 nitrogen and oxygen atoms in total. The molecule has 0 unspecified atom stereocenters. The number of allylic oxidation sites excluding steroid dienone is 4. The fraction of sp³-hybridized carbons (Fsp3) is 0.0667. The van der Waals surface area contributed by atoms with Gasteiger partial charge in [-0.15, -0.1) is 0 Å². The fourth-order valence-electron chi connectivity index (χ4n) is 4.62. The molecular weight excluding hydrogens is 516 g/mol. The highest BCUT2D eigenvalue weighted by molar-refractivity contribution is 6.17. The van der Waals surface area contributed by atoms with E-state index in [2.05, 4.69) is 20.1 Å². The molecule has 6 rings (SSSR count). The first-order valence-corrected chi connectivity index (χ1v) is 12.2. The van der Waals surface area contributed by atoms with Crippen LogP contribution < -0.4 is 10.6 Å². The largest absolute Gasteiger partial charge is 0.386 e. The van der Waals surface area contributed by atoms with Crippen LogP contribution in [0.4, 0.5) is 5.69 Å². The minimum Gasteiger partial charge on any atom is -0.386 e. The molecule has 3 aromatic carbocycles. The summed E-state index contributed by atoms with van der Waals surface area (Å²) in [6.45, 7) is 0. The summed E-state index contributed by atoms with van der Waals surface area (Å²) in [6, 6.07) is 15.6. The zero-order chi connectivity index (χ0) is 28.0. The lowest BCUT2D eigenvalue weighted by Gasteiger charge is -2.16. The number of cyclic esters (lactones) is 4. The maximum atomic E-state index is 12.7. The maximum Gasteiger partial charge on any atom is 0.346 e. The van der Waals surface area contributed by atoms with Gasteiger partial charge in [-0.3, -0.25) is 9.59 Å². The Morgan fingerprint density at radius 3 is 1.62 bits per heavy atom. The summed E-state index contributed by atoms with van der Waals surface area (Å²) >= 11 is 0. The van der Waals surface area contributed by atoms with E-state index >= 15 is 0 Å². The van der Waals surface area contributed by atoms with Crippen LogP contribution in [-0.4, -0.2) is 35.7 Å². The zero-order valence-corrected chi connectivity index (χ0v) is 20.6. The molecule has 2 aliphatic heterocycles. The lowest BCUT2D eigenvalue weighted by molar-refractivity contribution is 0.0425. The molecule has 1 aliphatic carbocycles. The molecule has 0 saturated carbocycles. The number of anilines is 1. The highest BCUT2D eigenvalue weighted by Gasteiger charge is 2.31. The van der Waals surface area contributed by atoms with E-state index in [1.165, 1.54) is 36.4 Å². The summed E-state index contributed by atoms with van der Waals surface area (Å²) in [5, 5.41) is 5.60. The van der Waals surface area contributed by atoms with Gasteiger partial charge in [0.1, 0.15) is 0 Å². The van der Waals surface area contributed by atoms with Crippen molar-refractivity contribution in [2.45, 2.75) is 12.8 Å². The Kier molecular flexibility index (Phi) is 5.92. The monoisotopic (exact) mass is 534 g/mol. The van der Waals surface area contributed by atoms with Gasteiger partial charge in [-0.05, 0) is 78.6 Å². The second-order valence-corrected chi connectivity index (χ2v) is 9.24. The summed E-state index contributed by atoms with van der Waals surface area (Å²) in [6.07, 6.45) is 4.94. The summed E-state index contributed by atoms with van der Waals surface area (Å²) < 4.78 is 9.12. The van der Waals surface area contributed by atoms with Crippen molar-refractivity contribution in [3.8, 4) is 0 Å². The Labute approximate surface area is 226 Å². The second-order valence-electron chi connectivity index (χ2n) is 9.24. The quantitative estimate of drug-likeness (QED) is 0.368. The summed E-state index contributed by atoms with van der Waals surface area (Å²) in [5.41, 5.74) is 4.12. The van der Waals surface area contributed by atoms with Crippen molar-refractivity contribution in [3.63, 3.8) is 0 Å². The van der Waals surface area contributed by atoms with Crippen LogP contribution in [0.2, 0.25) is 0 Å². The Bertz CT molecular complexity index is 1750. The first kappa shape index (κ1) is 24.7. The van der Waals surface area contributed by atoms with Crippen LogP contribution in [0.25, 0.3) is 5.57 Å². The topological polar surface area (TPSA) is 145 Å². The predicted octanol–water partition coefficient (Wildman–Crippen LogP) is 4.05. The predicted molar refractivity (Wildman–Crippen MR) is 140 cm³/mol. The number of amides is 2. The van der Waals surface area contributed by atoms with Crippen LogP contribution in [0, 0.1) is 0 Å². The average Bonchev–Trinajstić information content (AvgIpc) is 3.41. The number of rotatable bonds is 5. The van der Waals surface area contributed by atoms with Gasteiger partial charge in [-0.1, -0.05) is 18.2 Å². The van der Waals surface area contributed by atoms with Crippen molar-refractivity contribution in [1.29, 1.82) is 0 Å². The SMILES string of the molecule is O=C(NC1=CC=C(c2ccc(NC(=O)c3ccc4c(c3)C(=O)OC4=O)cc2)CC1)c1ccc2c(c1)C(=O)OC2=O. The number of benzene rings is 3. The molecule has 40 heavy (non-hydrogen) atoms. The van der Waals surface area contributed by atoms with E-state index in [-0.39, 0.29) is 33.4 Å². The summed E-state index contributed by atoms with van der Waals surface area (Å²) in [4.78, 5) is 72.1. The third-order valence-corrected chi connectivity index (χ3v) is 6.75. The zero-order valence-electron chi connectivity index (χ0n) is 20.6. The van der Waals surface area contributed by atoms with E-state index in [0.29, 0.717) is 24.2 Å². The Balaban J connectivity index is 1.09. The van der Waals surface area contributed by atoms with Crippen molar-refractivity contribution < 1.29 is 38.2 Å². The Morgan fingerprint density at radius 1 is 0.575 bits per heavy atom. The maximum absolute atomic E-state index is 12.7. The molecule has 2 N–H and O–H groups in total. The van der Waals surface area contributed by atoms with Crippen LogP contribution in [-0.2, 0) is 9.47 Å². The Morgan fingerprint density at radius 2 is 1.10 bits per heavy atom. The highest BCUT2D eigenvalue weighted by Crippen LogP contribution is 2.28. The molecule has 0 atom stereocenters. The molecule has 3 aromatic rings. The lowest BCUT2D eigenvalue weighted by atomic mass is 9.95. The van der Waals surface area contributed by atoms with Gasteiger partial charge in [0.25, 0.3) is 11.8 Å². The van der Waals surface area contributed by atoms with Crippen molar-refractivity contribution in [3.05, 3.63) is 117 Å². The number of hydrogen-bond donors (Lipinski definition) is 2. The van der Waals surface area contributed by atoms with Crippen LogP contribution >= 0.6 is 0 Å². The molecule has 10 heteroatoms. The molecule has 2 amide bonds. The van der Waals surface area contributed by atoms with E-state index in [1.807, 2.05) is 18.2 Å². The third-order valence-electron chi connectivity index (χ3n) is 6.75. The standard InChI is InChI=1S/C30H18N2O8/c33-25(17-5-11-21-23(13-17)29(37)39-27(21)35)31-19-7-1-15(2-8-19)16-3-9-20(10-4-16)32-26(34)18-6-12-22-24(14-18)30(38)40-28(22)36/h1-3,5-9,11-14H,4,10H2,(H,31,33)(H,32,34). The third kappa shape index (κ3) is 4.47. The molecule has 2 heterocycles. The van der Waals surface area contributed by atoms with E-state index in [4.69, 9.17) is 0 Å². The Hall–Kier alpha value is -5.64. The minimum atomic E-state index is -0.774. The number of esters is 4. The molecule has 0 aromatic heterocycles. The molecule has 3 aliphatic rings. The van der Waals surface area contributed by atoms with Gasteiger partial charge in [0.15, 0.2) is 0 Å². The minimum absolute atomic E-state index is 0.0642. The number of ether oxygens (including phenoxy) is 2. The number of nitrogens with one attached hydrogen (secondary N) is 2. The van der Waals surface area contributed by atoms with Crippen molar-refractivity contribution >= 4 is 47.0 Å². The number of hydrogen-bond acceptors (Lipinski definition) is 8. The molecule has 0 spiro atoms. The molecule has 196 valence electrons. The van der Waals surface area contributed by atoms with Crippen molar-refractivity contribution in [2.24, 2.45) is 0 Å². The molecule has 0 radical (unpaired) electrons. The van der Waals surface area contributed by atoms with E-state index in [1.54, 1.807) is 18.2 Å². The normalized spacial score (nSPS) is 15.4. The average molecular weight is 534 g/mol. The van der Waals surface area contributed by atoms with Crippen molar-refractivity contribution in [2.75, 3.05) is 5.32 Å². The first-order valence-electron chi connectivity index (χ1n) is 12.2. The van der Waals surface area contributed by atoms with Gasteiger partial charge in [-0.2, -0.15) is 0 Å². The van der Waals surface area contributed by atoms with Crippen LogP contribution in [0.15, 0.2) is 78.5 Å². The molecule has 0 saturated heterocycles. The number of carbonyl (C=O) groups excluding carboxylic acids is 6. The van der Waals surface area contributed by atoms with Crippen LogP contribution in [0.3, 0.4) is 0 Å². The molecular formula is C30H18N2O8. The number of carbonyl (C=O) groups is 6. The first-order chi connectivity index (χ1) is 19.3. The lowest BCUT2D eigenvalue weighted by Crippen LogP contribution is -2.23. The van der Waals surface area contributed by atoms with E-state index < -0.39 is 35.7 Å².